The molecule has 0 saturated carbocycles. The van der Waals surface area contributed by atoms with Crippen LogP contribution in [-0.2, 0) is 0 Å². The second-order valence-corrected chi connectivity index (χ2v) is 15.4. The van der Waals surface area contributed by atoms with E-state index >= 15 is 0 Å². The standard InChI is InChI=1S/C27H46OSi/c1-11-13-14-25(12-2)19-28-27-24(10)17-23(9)18-26(27)15-16-29(20(3)4,21(5)6)22(7)8/h17-18,20-22,25H,11-14,19H2,1-10H3. The summed E-state index contributed by atoms with van der Waals surface area (Å²) in [5, 5.41) is 0. The van der Waals surface area contributed by atoms with E-state index in [0.29, 0.717) is 22.5 Å². The van der Waals surface area contributed by atoms with Gasteiger partial charge in [0.15, 0.2) is 0 Å². The minimum atomic E-state index is -1.75. The minimum absolute atomic E-state index is 0.631. The van der Waals surface area contributed by atoms with E-state index in [-0.39, 0.29) is 0 Å². The maximum absolute atomic E-state index is 6.43. The highest BCUT2D eigenvalue weighted by molar-refractivity contribution is 6.90. The molecule has 0 amide bonds. The van der Waals surface area contributed by atoms with Gasteiger partial charge >= 0.3 is 0 Å². The van der Waals surface area contributed by atoms with Crippen molar-refractivity contribution >= 4 is 8.07 Å². The smallest absolute Gasteiger partial charge is 0.146 e. The van der Waals surface area contributed by atoms with Crippen molar-refractivity contribution in [1.29, 1.82) is 0 Å². The molecule has 0 aliphatic heterocycles. The maximum Gasteiger partial charge on any atom is 0.146 e. The van der Waals surface area contributed by atoms with Gasteiger partial charge in [-0.1, -0.05) is 86.6 Å². The molecule has 0 aliphatic carbocycles. The zero-order valence-corrected chi connectivity index (χ0v) is 21.9. The van der Waals surface area contributed by atoms with Crippen LogP contribution in [0.3, 0.4) is 0 Å². The first-order chi connectivity index (χ1) is 13.6. The Hall–Kier alpha value is -1.20. The van der Waals surface area contributed by atoms with Crippen molar-refractivity contribution in [3.05, 3.63) is 28.8 Å². The molecular weight excluding hydrogens is 368 g/mol. The van der Waals surface area contributed by atoms with Crippen LogP contribution in [0.1, 0.15) is 97.8 Å². The number of hydrogen-bond donors (Lipinski definition) is 0. The van der Waals surface area contributed by atoms with Crippen LogP contribution in [0.2, 0.25) is 16.6 Å². The summed E-state index contributed by atoms with van der Waals surface area (Å²) in [5.74, 6) is 5.29. The van der Waals surface area contributed by atoms with Gasteiger partial charge in [0.05, 0.1) is 12.2 Å². The predicted octanol–water partition coefficient (Wildman–Crippen LogP) is 8.47. The third kappa shape index (κ3) is 6.64. The van der Waals surface area contributed by atoms with E-state index in [2.05, 4.69) is 92.8 Å². The molecule has 1 rings (SSSR count). The fraction of sp³-hybridized carbons (Fsp3) is 0.704. The largest absolute Gasteiger partial charge is 0.492 e. The Morgan fingerprint density at radius 2 is 1.52 bits per heavy atom. The van der Waals surface area contributed by atoms with Gasteiger partial charge in [0.2, 0.25) is 0 Å². The molecule has 164 valence electrons. The molecule has 1 unspecified atom stereocenters. The lowest BCUT2D eigenvalue weighted by Gasteiger charge is -2.38. The lowest BCUT2D eigenvalue weighted by molar-refractivity contribution is 0.231. The first kappa shape index (κ1) is 25.8. The average Bonchev–Trinajstić information content (AvgIpc) is 2.62. The van der Waals surface area contributed by atoms with Crippen LogP contribution < -0.4 is 4.74 Å². The maximum atomic E-state index is 6.43. The van der Waals surface area contributed by atoms with E-state index in [9.17, 15) is 0 Å². The van der Waals surface area contributed by atoms with Crippen molar-refractivity contribution in [2.24, 2.45) is 5.92 Å². The Morgan fingerprint density at radius 3 is 2.00 bits per heavy atom. The summed E-state index contributed by atoms with van der Waals surface area (Å²) >= 11 is 0. The molecule has 1 atom stereocenters. The molecule has 0 heterocycles. The first-order valence-corrected chi connectivity index (χ1v) is 14.1. The van der Waals surface area contributed by atoms with Gasteiger partial charge in [-0.3, -0.25) is 0 Å². The van der Waals surface area contributed by atoms with Crippen LogP contribution in [0.25, 0.3) is 0 Å². The number of aryl methyl sites for hydroxylation is 2. The number of benzene rings is 1. The highest BCUT2D eigenvalue weighted by atomic mass is 28.3. The lowest BCUT2D eigenvalue weighted by atomic mass is 10.0. The Kier molecular flexibility index (Phi) is 10.6. The molecule has 0 fully saturated rings. The summed E-state index contributed by atoms with van der Waals surface area (Å²) in [4.78, 5) is 0. The van der Waals surface area contributed by atoms with Gasteiger partial charge in [-0.25, -0.2) is 0 Å². The summed E-state index contributed by atoms with van der Waals surface area (Å²) in [7, 11) is -1.75. The fourth-order valence-corrected chi connectivity index (χ4v) is 10.2. The average molecular weight is 415 g/mol. The Labute approximate surface area is 183 Å². The van der Waals surface area contributed by atoms with E-state index in [1.54, 1.807) is 0 Å². The predicted molar refractivity (Wildman–Crippen MR) is 133 cm³/mol. The quantitative estimate of drug-likeness (QED) is 0.275. The Morgan fingerprint density at radius 1 is 0.931 bits per heavy atom. The number of hydrogen-bond acceptors (Lipinski definition) is 1. The van der Waals surface area contributed by atoms with E-state index < -0.39 is 8.07 Å². The number of unbranched alkanes of at least 4 members (excludes halogenated alkanes) is 1. The molecule has 0 N–H and O–H groups in total. The van der Waals surface area contributed by atoms with E-state index in [1.165, 1.54) is 36.8 Å². The third-order valence-electron chi connectivity index (χ3n) is 6.71. The Bertz CT molecular complexity index is 669. The van der Waals surface area contributed by atoms with Gasteiger partial charge in [0, 0.05) is 0 Å². The molecule has 1 nitrogen and oxygen atoms in total. The molecule has 0 spiro atoms. The van der Waals surface area contributed by atoms with Gasteiger partial charge in [-0.2, -0.15) is 0 Å². The van der Waals surface area contributed by atoms with Crippen molar-refractivity contribution in [3.8, 4) is 17.2 Å². The van der Waals surface area contributed by atoms with E-state index in [1.807, 2.05) is 0 Å². The topological polar surface area (TPSA) is 9.23 Å². The van der Waals surface area contributed by atoms with Crippen molar-refractivity contribution in [2.75, 3.05) is 6.61 Å². The summed E-state index contributed by atoms with van der Waals surface area (Å²) in [5.41, 5.74) is 9.38. The van der Waals surface area contributed by atoms with Crippen LogP contribution in [0.4, 0.5) is 0 Å². The van der Waals surface area contributed by atoms with Gasteiger partial charge in [0.1, 0.15) is 13.8 Å². The van der Waals surface area contributed by atoms with Crippen molar-refractivity contribution in [1.82, 2.24) is 0 Å². The molecule has 0 bridgehead atoms. The summed E-state index contributed by atoms with van der Waals surface area (Å²) in [6, 6.07) is 4.45. The molecule has 2 heteroatoms. The first-order valence-electron chi connectivity index (χ1n) is 11.9. The molecule has 1 aromatic carbocycles. The highest BCUT2D eigenvalue weighted by Crippen LogP contribution is 2.41. The molecular formula is C27H46OSi. The zero-order chi connectivity index (χ0) is 22.2. The molecule has 0 saturated heterocycles. The van der Waals surface area contributed by atoms with Crippen molar-refractivity contribution in [2.45, 2.75) is 112 Å². The van der Waals surface area contributed by atoms with Crippen LogP contribution in [0.5, 0.6) is 5.75 Å². The number of rotatable bonds is 10. The molecule has 0 radical (unpaired) electrons. The number of ether oxygens (including phenoxy) is 1. The zero-order valence-electron chi connectivity index (χ0n) is 20.9. The summed E-state index contributed by atoms with van der Waals surface area (Å²) in [6.07, 6.45) is 4.97. The normalized spacial score (nSPS) is 13.0. The highest BCUT2D eigenvalue weighted by Gasteiger charge is 2.41. The molecule has 29 heavy (non-hydrogen) atoms. The second-order valence-electron chi connectivity index (χ2n) is 9.83. The van der Waals surface area contributed by atoms with Crippen molar-refractivity contribution < 1.29 is 4.74 Å². The van der Waals surface area contributed by atoms with Gasteiger partial charge in [-0.15, -0.1) is 5.54 Å². The van der Waals surface area contributed by atoms with Gasteiger partial charge in [-0.05, 0) is 60.0 Å². The lowest BCUT2D eigenvalue weighted by Crippen LogP contribution is -2.43. The molecule has 0 aromatic heterocycles. The minimum Gasteiger partial charge on any atom is -0.492 e. The van der Waals surface area contributed by atoms with Crippen molar-refractivity contribution in [3.63, 3.8) is 0 Å². The van der Waals surface area contributed by atoms with Gasteiger partial charge in [0.25, 0.3) is 0 Å². The summed E-state index contributed by atoms with van der Waals surface area (Å²) < 4.78 is 6.43. The van der Waals surface area contributed by atoms with Crippen LogP contribution in [-0.4, -0.2) is 14.7 Å². The SMILES string of the molecule is CCCCC(CC)COc1c(C)cc(C)cc1C#C[Si](C(C)C)(C(C)C)C(C)C. The van der Waals surface area contributed by atoms with Crippen LogP contribution in [0.15, 0.2) is 12.1 Å². The van der Waals surface area contributed by atoms with E-state index in [4.69, 9.17) is 4.74 Å². The molecule has 0 aliphatic rings. The molecule has 1 aromatic rings. The second kappa shape index (κ2) is 11.8. The third-order valence-corrected chi connectivity index (χ3v) is 13.0. The van der Waals surface area contributed by atoms with Crippen LogP contribution in [0, 0.1) is 31.2 Å². The van der Waals surface area contributed by atoms with E-state index in [0.717, 1.165) is 17.9 Å². The fourth-order valence-electron chi connectivity index (χ4n) is 4.95. The van der Waals surface area contributed by atoms with Gasteiger partial charge < -0.3 is 4.74 Å². The monoisotopic (exact) mass is 414 g/mol. The Balaban J connectivity index is 3.31. The van der Waals surface area contributed by atoms with Crippen LogP contribution >= 0.6 is 0 Å². The summed E-state index contributed by atoms with van der Waals surface area (Å²) in [6.45, 7) is 23.9.